The molecule has 31 heavy (non-hydrogen) atoms. The summed E-state index contributed by atoms with van der Waals surface area (Å²) in [5.41, 5.74) is 2.41. The van der Waals surface area contributed by atoms with Gasteiger partial charge >= 0.3 is 0 Å². The SMILES string of the molecule is CC(C)n1nc(O[C@@H]2O[C@H](CO)[C@@H](O)[C@H](O)[C@H]2O)c2c(-c3ccc(O)cc3)cccc21. The highest BCUT2D eigenvalue weighted by molar-refractivity contribution is 5.99. The van der Waals surface area contributed by atoms with Gasteiger partial charge in [0.05, 0.1) is 17.5 Å². The number of aliphatic hydroxyl groups excluding tert-OH is 4. The van der Waals surface area contributed by atoms with Crippen molar-refractivity contribution in [1.82, 2.24) is 9.78 Å². The van der Waals surface area contributed by atoms with Gasteiger partial charge in [0.1, 0.15) is 30.2 Å². The third kappa shape index (κ3) is 3.86. The number of aliphatic hydroxyl groups is 4. The topological polar surface area (TPSA) is 137 Å². The van der Waals surface area contributed by atoms with Gasteiger partial charge in [-0.2, -0.15) is 0 Å². The predicted octanol–water partition coefficient (Wildman–Crippen LogP) is 1.17. The van der Waals surface area contributed by atoms with Crippen molar-refractivity contribution >= 4 is 10.9 Å². The number of benzene rings is 2. The van der Waals surface area contributed by atoms with E-state index >= 15 is 0 Å². The zero-order chi connectivity index (χ0) is 22.3. The van der Waals surface area contributed by atoms with Crippen LogP contribution in [0.4, 0.5) is 0 Å². The fourth-order valence-electron chi connectivity index (χ4n) is 3.79. The molecule has 1 aliphatic rings. The molecule has 2 heterocycles. The minimum absolute atomic E-state index is 0.00437. The molecule has 9 heteroatoms. The standard InChI is InChI=1S/C22H26N2O7/c1-11(2)24-15-5-3-4-14(12-6-8-13(26)9-7-12)17(15)21(23-24)31-22-20(29)19(28)18(27)16(10-25)30-22/h3-9,11,16,18-20,22,25-29H,10H2,1-2H3/t16-,18-,19+,20-,22+/m1/s1. The zero-order valence-electron chi connectivity index (χ0n) is 17.2. The number of phenols is 1. The average molecular weight is 430 g/mol. The Morgan fingerprint density at radius 2 is 1.74 bits per heavy atom. The molecule has 0 amide bonds. The number of aromatic hydroxyl groups is 1. The molecule has 1 saturated heterocycles. The molecule has 0 spiro atoms. The minimum Gasteiger partial charge on any atom is -0.508 e. The maximum absolute atomic E-state index is 10.4. The molecule has 1 aromatic heterocycles. The molecule has 0 radical (unpaired) electrons. The molecule has 0 unspecified atom stereocenters. The van der Waals surface area contributed by atoms with Crippen molar-refractivity contribution in [3.8, 4) is 22.8 Å². The number of ether oxygens (including phenoxy) is 2. The average Bonchev–Trinajstić information content (AvgIpc) is 3.13. The lowest BCUT2D eigenvalue weighted by atomic mass is 9.99. The third-order valence-corrected chi connectivity index (χ3v) is 5.45. The van der Waals surface area contributed by atoms with E-state index in [-0.39, 0.29) is 17.7 Å². The van der Waals surface area contributed by atoms with E-state index in [1.165, 1.54) is 0 Å². The van der Waals surface area contributed by atoms with Crippen LogP contribution in [-0.4, -0.2) is 72.6 Å². The Bertz CT molecular complexity index is 1050. The van der Waals surface area contributed by atoms with Gasteiger partial charge in [0.2, 0.25) is 12.2 Å². The van der Waals surface area contributed by atoms with Crippen molar-refractivity contribution in [2.45, 2.75) is 50.6 Å². The number of fused-ring (bicyclic) bond motifs is 1. The fourth-order valence-corrected chi connectivity index (χ4v) is 3.79. The number of hydrogen-bond donors (Lipinski definition) is 5. The van der Waals surface area contributed by atoms with E-state index < -0.39 is 37.3 Å². The molecular formula is C22H26N2O7. The number of aromatic nitrogens is 2. The molecule has 2 aromatic carbocycles. The lowest BCUT2D eigenvalue weighted by Gasteiger charge is -2.39. The van der Waals surface area contributed by atoms with Crippen LogP contribution in [0.5, 0.6) is 11.6 Å². The zero-order valence-corrected chi connectivity index (χ0v) is 17.2. The third-order valence-electron chi connectivity index (χ3n) is 5.45. The number of hydrogen-bond acceptors (Lipinski definition) is 8. The lowest BCUT2D eigenvalue weighted by molar-refractivity contribution is -0.278. The summed E-state index contributed by atoms with van der Waals surface area (Å²) in [5.74, 6) is 0.322. The summed E-state index contributed by atoms with van der Waals surface area (Å²) in [4.78, 5) is 0. The first-order valence-corrected chi connectivity index (χ1v) is 10.1. The van der Waals surface area contributed by atoms with E-state index in [4.69, 9.17) is 9.47 Å². The molecule has 5 N–H and O–H groups in total. The van der Waals surface area contributed by atoms with Crippen LogP contribution in [0.3, 0.4) is 0 Å². The summed E-state index contributed by atoms with van der Waals surface area (Å²) >= 11 is 0. The van der Waals surface area contributed by atoms with Crippen LogP contribution in [-0.2, 0) is 4.74 Å². The molecular weight excluding hydrogens is 404 g/mol. The normalized spacial score (nSPS) is 26.5. The van der Waals surface area contributed by atoms with Crippen LogP contribution >= 0.6 is 0 Å². The second kappa shape index (κ2) is 8.45. The Kier molecular flexibility index (Phi) is 5.87. The Hall–Kier alpha value is -2.69. The second-order valence-corrected chi connectivity index (χ2v) is 7.91. The summed E-state index contributed by atoms with van der Waals surface area (Å²) < 4.78 is 13.2. The van der Waals surface area contributed by atoms with Crippen LogP contribution in [0.1, 0.15) is 19.9 Å². The van der Waals surface area contributed by atoms with Gasteiger partial charge < -0.3 is 35.0 Å². The monoisotopic (exact) mass is 430 g/mol. The smallest absolute Gasteiger partial charge is 0.243 e. The first kappa shape index (κ1) is 21.5. The predicted molar refractivity (Wildman–Crippen MR) is 112 cm³/mol. The second-order valence-electron chi connectivity index (χ2n) is 7.91. The van der Waals surface area contributed by atoms with Crippen molar-refractivity contribution < 1.29 is 35.0 Å². The summed E-state index contributed by atoms with van der Waals surface area (Å²) in [5, 5.41) is 54.8. The Morgan fingerprint density at radius 3 is 2.39 bits per heavy atom. The molecule has 9 nitrogen and oxygen atoms in total. The summed E-state index contributed by atoms with van der Waals surface area (Å²) in [6, 6.07) is 12.4. The van der Waals surface area contributed by atoms with Crippen LogP contribution in [0.25, 0.3) is 22.0 Å². The number of rotatable bonds is 5. The molecule has 1 fully saturated rings. The Balaban J connectivity index is 1.81. The van der Waals surface area contributed by atoms with Gasteiger partial charge in [-0.25, -0.2) is 0 Å². The first-order chi connectivity index (χ1) is 14.8. The summed E-state index contributed by atoms with van der Waals surface area (Å²) in [7, 11) is 0. The maximum atomic E-state index is 10.4. The highest BCUT2D eigenvalue weighted by Gasteiger charge is 2.45. The van der Waals surface area contributed by atoms with E-state index in [0.717, 1.165) is 16.6 Å². The lowest BCUT2D eigenvalue weighted by Crippen LogP contribution is -2.60. The molecule has 3 aromatic rings. The highest BCUT2D eigenvalue weighted by atomic mass is 16.7. The van der Waals surface area contributed by atoms with Crippen LogP contribution in [0.15, 0.2) is 42.5 Å². The van der Waals surface area contributed by atoms with E-state index in [1.807, 2.05) is 32.0 Å². The molecule has 5 atom stereocenters. The quantitative estimate of drug-likeness (QED) is 0.407. The van der Waals surface area contributed by atoms with Crippen LogP contribution in [0, 0.1) is 0 Å². The van der Waals surface area contributed by atoms with Crippen molar-refractivity contribution in [3.05, 3.63) is 42.5 Å². The van der Waals surface area contributed by atoms with E-state index in [2.05, 4.69) is 5.10 Å². The van der Waals surface area contributed by atoms with Gasteiger partial charge in [-0.1, -0.05) is 24.3 Å². The molecule has 4 rings (SSSR count). The molecule has 0 aliphatic carbocycles. The van der Waals surface area contributed by atoms with Crippen molar-refractivity contribution in [2.75, 3.05) is 6.61 Å². The first-order valence-electron chi connectivity index (χ1n) is 10.1. The molecule has 0 saturated carbocycles. The number of nitrogens with zero attached hydrogens (tertiary/aromatic N) is 2. The van der Waals surface area contributed by atoms with E-state index in [9.17, 15) is 25.5 Å². The molecule has 0 bridgehead atoms. The Labute approximate surface area is 178 Å². The van der Waals surface area contributed by atoms with Gasteiger partial charge in [-0.3, -0.25) is 4.68 Å². The maximum Gasteiger partial charge on any atom is 0.243 e. The van der Waals surface area contributed by atoms with Gasteiger partial charge in [0.25, 0.3) is 0 Å². The summed E-state index contributed by atoms with van der Waals surface area (Å²) in [6.07, 6.45) is -7.00. The van der Waals surface area contributed by atoms with Gasteiger partial charge in [-0.15, -0.1) is 5.10 Å². The molecule has 166 valence electrons. The van der Waals surface area contributed by atoms with E-state index in [1.54, 1.807) is 28.9 Å². The van der Waals surface area contributed by atoms with Gasteiger partial charge in [0, 0.05) is 6.04 Å². The van der Waals surface area contributed by atoms with Gasteiger partial charge in [-0.05, 0) is 43.2 Å². The fraction of sp³-hybridized carbons (Fsp3) is 0.409. The van der Waals surface area contributed by atoms with Gasteiger partial charge in [0.15, 0.2) is 0 Å². The molecule has 1 aliphatic heterocycles. The van der Waals surface area contributed by atoms with Crippen LogP contribution in [0.2, 0.25) is 0 Å². The van der Waals surface area contributed by atoms with Crippen molar-refractivity contribution in [2.24, 2.45) is 0 Å². The number of phenolic OH excluding ortho intramolecular Hbond substituents is 1. The Morgan fingerprint density at radius 1 is 1.03 bits per heavy atom. The van der Waals surface area contributed by atoms with Crippen molar-refractivity contribution in [1.29, 1.82) is 0 Å². The highest BCUT2D eigenvalue weighted by Crippen LogP contribution is 2.38. The largest absolute Gasteiger partial charge is 0.508 e. The summed E-state index contributed by atoms with van der Waals surface area (Å²) in [6.45, 7) is 3.39. The van der Waals surface area contributed by atoms with E-state index in [0.29, 0.717) is 5.39 Å². The minimum atomic E-state index is -1.55. The van der Waals surface area contributed by atoms with Crippen LogP contribution < -0.4 is 4.74 Å². The van der Waals surface area contributed by atoms with Crippen molar-refractivity contribution in [3.63, 3.8) is 0 Å².